The second-order valence-corrected chi connectivity index (χ2v) is 10.6. The number of aliphatic hydroxyl groups excluding tert-OH is 2. The van der Waals surface area contributed by atoms with E-state index in [-0.39, 0.29) is 26.6 Å². The van der Waals surface area contributed by atoms with Gasteiger partial charge in [0.25, 0.3) is 0 Å². The Hall–Kier alpha value is -3.70. The van der Waals surface area contributed by atoms with Gasteiger partial charge in [0.2, 0.25) is 5.91 Å². The normalized spacial score (nSPS) is 8.90. The molecule has 49 heavy (non-hydrogen) atoms. The first kappa shape index (κ1) is 54.7. The number of ketones is 1. The molecule has 0 aliphatic heterocycles. The van der Waals surface area contributed by atoms with Crippen LogP contribution in [-0.4, -0.2) is 61.0 Å². The quantitative estimate of drug-likeness (QED) is 0.121. The molecule has 2 aromatic carbocycles. The summed E-state index contributed by atoms with van der Waals surface area (Å²) in [6.45, 7) is 15.6. The zero-order chi connectivity index (χ0) is 39.4. The van der Waals surface area contributed by atoms with E-state index in [2.05, 4.69) is 61.5 Å². The molecule has 1 aromatic heterocycles. The summed E-state index contributed by atoms with van der Waals surface area (Å²) in [5.74, 6) is 0.563. The number of ether oxygens (including phenoxy) is 1. The number of hydrogen-bond donors (Lipinski definition) is 3. The minimum atomic E-state index is -0.136. The van der Waals surface area contributed by atoms with Crippen molar-refractivity contribution in [2.75, 3.05) is 34.5 Å². The summed E-state index contributed by atoms with van der Waals surface area (Å²) in [5.41, 5.74) is 5.90. The summed E-state index contributed by atoms with van der Waals surface area (Å²) in [7, 11) is 5.29. The Bertz CT molecular complexity index is 1420. The van der Waals surface area contributed by atoms with Crippen LogP contribution in [0.15, 0.2) is 47.1 Å². The largest absolute Gasteiger partial charge is 0.496 e. The van der Waals surface area contributed by atoms with Gasteiger partial charge in [-0.1, -0.05) is 70.3 Å². The fraction of sp³-hybridized carbons (Fsp3) is 0.459. The predicted molar refractivity (Wildman–Crippen MR) is 208 cm³/mol. The van der Waals surface area contributed by atoms with E-state index in [1.165, 1.54) is 38.4 Å². The Morgan fingerprint density at radius 3 is 1.92 bits per heavy atom. The van der Waals surface area contributed by atoms with Crippen molar-refractivity contribution in [2.45, 2.75) is 81.1 Å². The van der Waals surface area contributed by atoms with Gasteiger partial charge in [0, 0.05) is 54.0 Å². The molecule has 0 radical (unpaired) electrons. The van der Waals surface area contributed by atoms with Crippen molar-refractivity contribution in [3.05, 3.63) is 63.8 Å². The van der Waals surface area contributed by atoms with E-state index in [0.717, 1.165) is 24.1 Å². The lowest BCUT2D eigenvalue weighted by Crippen LogP contribution is -2.40. The van der Waals surface area contributed by atoms with E-state index in [4.69, 9.17) is 14.9 Å². The number of halogens is 1. The molecule has 0 amide bonds. The van der Waals surface area contributed by atoms with E-state index in [1.54, 1.807) is 37.5 Å². The van der Waals surface area contributed by atoms with Gasteiger partial charge in [-0.25, -0.2) is 0 Å². The molecule has 0 unspecified atom stereocenters. The first-order valence-corrected chi connectivity index (χ1v) is 17.8. The third-order valence-electron chi connectivity index (χ3n) is 4.74. The molecular formula is C37H59BrN4O6P+. The summed E-state index contributed by atoms with van der Waals surface area (Å²) < 4.78 is 18.4. The number of carbonyl (C=O) groups is 2. The van der Waals surface area contributed by atoms with Crippen molar-refractivity contribution in [1.29, 1.82) is 10.5 Å². The van der Waals surface area contributed by atoms with Gasteiger partial charge in [-0.05, 0) is 62.7 Å². The molecule has 0 saturated carbocycles. The van der Waals surface area contributed by atoms with Crippen LogP contribution in [0.2, 0.25) is 0 Å². The molecule has 0 atom stereocenters. The second kappa shape index (κ2) is 38.7. The minimum Gasteiger partial charge on any atom is -0.496 e. The topological polar surface area (TPSA) is 181 Å². The highest BCUT2D eigenvalue weighted by atomic mass is 79.9. The van der Waals surface area contributed by atoms with Crippen molar-refractivity contribution < 1.29 is 34.8 Å². The molecular weight excluding hydrogens is 707 g/mol. The van der Waals surface area contributed by atoms with Crippen molar-refractivity contribution in [1.82, 2.24) is 4.57 Å². The average molecular weight is 767 g/mol. The van der Waals surface area contributed by atoms with Crippen molar-refractivity contribution in [3.8, 4) is 17.9 Å². The molecule has 0 fully saturated rings. The van der Waals surface area contributed by atoms with Crippen molar-refractivity contribution >= 4 is 58.6 Å². The van der Waals surface area contributed by atoms with Crippen LogP contribution in [0.3, 0.4) is 0 Å². The van der Waals surface area contributed by atoms with Crippen molar-refractivity contribution in [2.24, 2.45) is 0 Å². The summed E-state index contributed by atoms with van der Waals surface area (Å²) in [6, 6.07) is 14.8. The number of nitrogens with zero attached hydrogens (tertiary/aromatic N) is 3. The number of hydrogen-bond acceptors (Lipinski definition) is 8. The molecule has 0 aliphatic rings. The minimum absolute atomic E-state index is 0.0167. The standard InChI is InChI=1S/C23H17BrN3O3P.C3H6O.2C3H8.C2H6.CH5N.2CH4O/c1-30-22-7-4-15(12-25)9-16(22)10-17(13-26)20-14-27(23(28)3-2-8-31-29)21-6-5-18(24)11-19(20)21;1-3(2)4;2*1-3-2;4*1-2/h4-7,9-11,14H,2-3,8H2,1H3;1-2H3;2*3H2,1-2H3;1-2H3;2H2,1H3;2*2H,1H3/p+1/b17-10+;;;;;;;. The molecule has 5 N–H and O–H groups in total. The lowest BCUT2D eigenvalue weighted by atomic mass is 10.0. The molecule has 0 saturated heterocycles. The molecule has 10 nitrogen and oxygen atoms in total. The van der Waals surface area contributed by atoms with Gasteiger partial charge < -0.3 is 25.5 Å². The zero-order valence-corrected chi connectivity index (χ0v) is 34.0. The third kappa shape index (κ3) is 24.1. The van der Waals surface area contributed by atoms with E-state index >= 15 is 0 Å². The van der Waals surface area contributed by atoms with E-state index in [0.29, 0.717) is 46.1 Å². The number of methoxy groups -OCH3 is 1. The third-order valence-corrected chi connectivity index (χ3v) is 5.74. The first-order chi connectivity index (χ1) is 23.6. The zero-order valence-electron chi connectivity index (χ0n) is 31.6. The van der Waals surface area contributed by atoms with Crippen molar-refractivity contribution in [3.63, 3.8) is 0 Å². The van der Waals surface area contributed by atoms with Gasteiger partial charge >= 0.3 is 0 Å². The fourth-order valence-electron chi connectivity index (χ4n) is 3.28. The maximum atomic E-state index is 12.8. The maximum absolute atomic E-state index is 12.8. The number of allylic oxidation sites excluding steroid dienone is 1. The summed E-state index contributed by atoms with van der Waals surface area (Å²) in [4.78, 5) is 22.2. The van der Waals surface area contributed by atoms with Crippen LogP contribution >= 0.6 is 24.4 Å². The van der Waals surface area contributed by atoms with E-state index in [9.17, 15) is 24.7 Å². The number of fused-ring (bicyclic) bond motifs is 1. The molecule has 274 valence electrons. The van der Waals surface area contributed by atoms with Crippen LogP contribution in [0.5, 0.6) is 5.75 Å². The number of quaternary nitrogens is 1. The summed E-state index contributed by atoms with van der Waals surface area (Å²) in [6.07, 6.45) is 6.99. The van der Waals surface area contributed by atoms with Crippen LogP contribution in [0.25, 0.3) is 22.6 Å². The van der Waals surface area contributed by atoms with Crippen LogP contribution < -0.4 is 10.5 Å². The molecule has 1 heterocycles. The molecule has 0 aliphatic carbocycles. The van der Waals surface area contributed by atoms with Crippen LogP contribution in [0, 0.1) is 22.7 Å². The van der Waals surface area contributed by atoms with Crippen LogP contribution in [-0.2, 0) is 9.36 Å². The number of carbonyl (C=O) groups excluding carboxylic acids is 2. The SMILES string of the molecule is CC.CC(C)=O.CCC.CCC.CO.CO.COc1ccc(C#N)cc1/C=C(\C#N)c1cn(C(=O)CCCP=O)c2ccc(Br)cc12.C[NH3+]. The van der Waals surface area contributed by atoms with E-state index in [1.807, 2.05) is 32.0 Å². The lowest BCUT2D eigenvalue weighted by molar-refractivity contribution is -0.325. The molecule has 3 aromatic rings. The smallest absolute Gasteiger partial charge is 0.231 e. The predicted octanol–water partition coefficient (Wildman–Crippen LogP) is 8.59. The lowest BCUT2D eigenvalue weighted by Gasteiger charge is -2.06. The second-order valence-electron chi connectivity index (χ2n) is 8.99. The summed E-state index contributed by atoms with van der Waals surface area (Å²) >= 11 is 3.46. The number of Topliss-reactive ketones (excluding diaryl/α,β-unsaturated/α-hetero) is 1. The highest BCUT2D eigenvalue weighted by Crippen LogP contribution is 2.33. The highest BCUT2D eigenvalue weighted by molar-refractivity contribution is 9.10. The number of aliphatic hydroxyl groups is 2. The van der Waals surface area contributed by atoms with Gasteiger partial charge in [-0.2, -0.15) is 10.5 Å². The van der Waals surface area contributed by atoms with Gasteiger partial charge in [-0.3, -0.25) is 13.9 Å². The van der Waals surface area contributed by atoms with Crippen LogP contribution in [0.1, 0.15) is 103 Å². The molecule has 12 heteroatoms. The maximum Gasteiger partial charge on any atom is 0.231 e. The molecule has 0 spiro atoms. The fourth-order valence-corrected chi connectivity index (χ4v) is 3.93. The number of nitriles is 2. The van der Waals surface area contributed by atoms with Crippen LogP contribution in [0.4, 0.5) is 0 Å². The average Bonchev–Trinajstić information content (AvgIpc) is 3.49. The molecule has 3 rings (SSSR count). The van der Waals surface area contributed by atoms with Gasteiger partial charge in [0.15, 0.2) is 8.46 Å². The Labute approximate surface area is 304 Å². The van der Waals surface area contributed by atoms with Gasteiger partial charge in [0.05, 0.1) is 42.9 Å². The Morgan fingerprint density at radius 1 is 0.980 bits per heavy atom. The number of aromatic nitrogens is 1. The van der Waals surface area contributed by atoms with Gasteiger partial charge in [0.1, 0.15) is 11.5 Å². The number of benzene rings is 2. The summed E-state index contributed by atoms with van der Waals surface area (Å²) in [5, 5.41) is 33.9. The highest BCUT2D eigenvalue weighted by Gasteiger charge is 2.17. The molecule has 0 bridgehead atoms. The van der Waals surface area contributed by atoms with Gasteiger partial charge in [-0.15, -0.1) is 0 Å². The van der Waals surface area contributed by atoms with E-state index < -0.39 is 0 Å². The Balaban J connectivity index is -0.000000304. The Morgan fingerprint density at radius 2 is 1.49 bits per heavy atom. The Kier molecular flexibility index (Phi) is 43.3. The monoisotopic (exact) mass is 765 g/mol. The first-order valence-electron chi connectivity index (χ1n) is 16.0. The number of rotatable bonds is 7.